The van der Waals surface area contributed by atoms with Crippen LogP contribution < -0.4 is 5.32 Å². The van der Waals surface area contributed by atoms with Gasteiger partial charge in [-0.1, -0.05) is 30.3 Å². The number of benzene rings is 1. The lowest BCUT2D eigenvalue weighted by Crippen LogP contribution is -2.96. The van der Waals surface area contributed by atoms with E-state index in [0.717, 1.165) is 24.4 Å². The van der Waals surface area contributed by atoms with Gasteiger partial charge in [0.05, 0.1) is 27.3 Å². The van der Waals surface area contributed by atoms with Gasteiger partial charge in [0, 0.05) is 6.42 Å². The lowest BCUT2D eigenvalue weighted by atomic mass is 10.1. The first-order chi connectivity index (χ1) is 12.1. The van der Waals surface area contributed by atoms with Crippen LogP contribution in [0, 0.1) is 0 Å². The van der Waals surface area contributed by atoms with Crippen LogP contribution in [0.3, 0.4) is 0 Å². The molecule has 1 aliphatic heterocycles. The number of ether oxygens (including phenoxy) is 2. The summed E-state index contributed by atoms with van der Waals surface area (Å²) in [5.41, 5.74) is 1.27. The largest absolute Gasteiger partial charge is 0.452 e. The molecule has 8 nitrogen and oxygen atoms in total. The molecule has 0 radical (unpaired) electrons. The Morgan fingerprint density at radius 3 is 2.32 bits per heavy atom. The maximum Gasteiger partial charge on any atom is 0.428 e. The van der Waals surface area contributed by atoms with E-state index >= 15 is 0 Å². The van der Waals surface area contributed by atoms with Crippen LogP contribution in [0.15, 0.2) is 30.3 Å². The van der Waals surface area contributed by atoms with E-state index in [1.165, 1.54) is 24.8 Å². The van der Waals surface area contributed by atoms with Crippen molar-refractivity contribution in [2.24, 2.45) is 0 Å². The number of β-amino-alcohol motifs (C(OH)–C–C–N with tert-alkyl or cyclic N) is 1. The summed E-state index contributed by atoms with van der Waals surface area (Å²) in [7, 11) is 2.48. The van der Waals surface area contributed by atoms with Gasteiger partial charge in [-0.25, -0.2) is 19.6 Å². The number of hydrogen-bond acceptors (Lipinski definition) is 5. The molecule has 138 valence electrons. The summed E-state index contributed by atoms with van der Waals surface area (Å²) in [5.74, 6) is 0. The standard InChI is InChI=1S/C17H25N3O5/c1-24-16(22)19-11-14(15(21)12-20(19)17(23)25-2)18-10-6-9-13-7-4-3-5-8-13/h3-5,7-8,14-15,18,21H,6,9-12H2,1-2H3/p+1/t14-,15+/m0/s1. The molecule has 1 aliphatic rings. The molecule has 1 saturated heterocycles. The monoisotopic (exact) mass is 352 g/mol. The van der Waals surface area contributed by atoms with Crippen molar-refractivity contribution in [1.82, 2.24) is 10.0 Å². The summed E-state index contributed by atoms with van der Waals surface area (Å²) in [6.07, 6.45) is -0.204. The molecule has 25 heavy (non-hydrogen) atoms. The summed E-state index contributed by atoms with van der Waals surface area (Å²) in [6.45, 7) is 0.972. The van der Waals surface area contributed by atoms with Crippen LogP contribution in [-0.2, 0) is 15.9 Å². The molecule has 2 amide bonds. The minimum atomic E-state index is -0.753. The minimum absolute atomic E-state index is 0.0123. The number of carbonyl (C=O) groups excluding carboxylic acids is 2. The van der Waals surface area contributed by atoms with E-state index in [4.69, 9.17) is 4.74 Å². The molecule has 1 aromatic rings. The molecule has 0 aromatic heterocycles. The maximum absolute atomic E-state index is 11.9. The molecule has 2 rings (SSSR count). The zero-order valence-corrected chi connectivity index (χ0v) is 14.6. The SMILES string of the molecule is COC(=O)N1C[C@@H](O)[C@@H]([NH2+]CCCc2ccccc2)CN1C(=O)OC. The van der Waals surface area contributed by atoms with E-state index in [1.54, 1.807) is 0 Å². The topological polar surface area (TPSA) is 95.9 Å². The second-order valence-electron chi connectivity index (χ2n) is 5.95. The molecule has 0 aliphatic carbocycles. The summed E-state index contributed by atoms with van der Waals surface area (Å²) in [6, 6.07) is 9.96. The molecule has 0 spiro atoms. The Balaban J connectivity index is 1.88. The molecule has 0 saturated carbocycles. The molecular formula is C17H26N3O5+. The number of amides is 2. The average molecular weight is 352 g/mol. The number of aryl methyl sites for hydroxylation is 1. The van der Waals surface area contributed by atoms with Gasteiger partial charge in [0.2, 0.25) is 0 Å². The Bertz CT molecular complexity index is 569. The van der Waals surface area contributed by atoms with Gasteiger partial charge in [-0.3, -0.25) is 0 Å². The summed E-state index contributed by atoms with van der Waals surface area (Å²) >= 11 is 0. The van der Waals surface area contributed by atoms with Crippen LogP contribution in [0.2, 0.25) is 0 Å². The first-order valence-electron chi connectivity index (χ1n) is 8.33. The third-order valence-electron chi connectivity index (χ3n) is 4.28. The van der Waals surface area contributed by atoms with Gasteiger partial charge in [-0.05, 0) is 12.0 Å². The lowest BCUT2D eigenvalue weighted by molar-refractivity contribution is -0.699. The van der Waals surface area contributed by atoms with Crippen molar-refractivity contribution < 1.29 is 29.5 Å². The van der Waals surface area contributed by atoms with Crippen molar-refractivity contribution in [2.45, 2.75) is 25.0 Å². The molecule has 1 heterocycles. The van der Waals surface area contributed by atoms with E-state index in [1.807, 2.05) is 23.5 Å². The number of nitrogens with zero attached hydrogens (tertiary/aromatic N) is 2. The smallest absolute Gasteiger partial charge is 0.428 e. The van der Waals surface area contributed by atoms with E-state index in [9.17, 15) is 14.7 Å². The van der Waals surface area contributed by atoms with Crippen molar-refractivity contribution in [3.8, 4) is 0 Å². The number of hydrogen-bond donors (Lipinski definition) is 2. The number of aliphatic hydroxyl groups excluding tert-OH is 1. The van der Waals surface area contributed by atoms with Crippen LogP contribution >= 0.6 is 0 Å². The second kappa shape index (κ2) is 9.24. The highest BCUT2D eigenvalue weighted by molar-refractivity contribution is 5.74. The fourth-order valence-electron chi connectivity index (χ4n) is 2.90. The normalized spacial score (nSPS) is 20.3. The Morgan fingerprint density at radius 2 is 1.72 bits per heavy atom. The highest BCUT2D eigenvalue weighted by Gasteiger charge is 2.41. The van der Waals surface area contributed by atoms with Gasteiger partial charge >= 0.3 is 12.2 Å². The van der Waals surface area contributed by atoms with Crippen molar-refractivity contribution in [1.29, 1.82) is 0 Å². The first-order valence-corrected chi connectivity index (χ1v) is 8.33. The number of hydrazine groups is 1. The van der Waals surface area contributed by atoms with Gasteiger partial charge in [0.1, 0.15) is 18.7 Å². The van der Waals surface area contributed by atoms with E-state index < -0.39 is 18.3 Å². The third kappa shape index (κ3) is 5.07. The van der Waals surface area contributed by atoms with Gasteiger partial charge in [0.15, 0.2) is 0 Å². The fourth-order valence-corrected chi connectivity index (χ4v) is 2.90. The average Bonchev–Trinajstić information content (AvgIpc) is 2.65. The van der Waals surface area contributed by atoms with Crippen molar-refractivity contribution in [2.75, 3.05) is 33.9 Å². The second-order valence-corrected chi connectivity index (χ2v) is 5.95. The third-order valence-corrected chi connectivity index (χ3v) is 4.28. The number of nitrogens with two attached hydrogens (primary N) is 1. The number of methoxy groups -OCH3 is 2. The highest BCUT2D eigenvalue weighted by Crippen LogP contribution is 2.13. The molecule has 2 atom stereocenters. The quantitative estimate of drug-likeness (QED) is 0.726. The van der Waals surface area contributed by atoms with Crippen molar-refractivity contribution in [3.05, 3.63) is 35.9 Å². The number of rotatable bonds is 5. The van der Waals surface area contributed by atoms with E-state index in [-0.39, 0.29) is 19.1 Å². The molecular weight excluding hydrogens is 326 g/mol. The van der Waals surface area contributed by atoms with Crippen LogP contribution in [0.1, 0.15) is 12.0 Å². The summed E-state index contributed by atoms with van der Waals surface area (Å²) < 4.78 is 9.39. The van der Waals surface area contributed by atoms with Gasteiger partial charge in [0.25, 0.3) is 0 Å². The zero-order valence-electron chi connectivity index (χ0n) is 14.6. The number of quaternary nitrogens is 1. The molecule has 0 unspecified atom stereocenters. The summed E-state index contributed by atoms with van der Waals surface area (Å²) in [5, 5.41) is 14.6. The minimum Gasteiger partial charge on any atom is -0.452 e. The lowest BCUT2D eigenvalue weighted by Gasteiger charge is -2.40. The molecule has 1 fully saturated rings. The predicted molar refractivity (Wildman–Crippen MR) is 89.6 cm³/mol. The Kier molecular flexibility index (Phi) is 7.03. The van der Waals surface area contributed by atoms with Crippen molar-refractivity contribution in [3.63, 3.8) is 0 Å². The molecule has 1 aromatic carbocycles. The van der Waals surface area contributed by atoms with Gasteiger partial charge in [-0.2, -0.15) is 0 Å². The number of carbonyl (C=O) groups is 2. The van der Waals surface area contributed by atoms with E-state index in [2.05, 4.69) is 16.9 Å². The highest BCUT2D eigenvalue weighted by atomic mass is 16.6. The Morgan fingerprint density at radius 1 is 1.12 bits per heavy atom. The molecule has 0 bridgehead atoms. The van der Waals surface area contributed by atoms with Crippen molar-refractivity contribution >= 4 is 12.2 Å². The molecule has 8 heteroatoms. The van der Waals surface area contributed by atoms with Gasteiger partial charge in [-0.15, -0.1) is 0 Å². The van der Waals surface area contributed by atoms with Crippen LogP contribution in [0.25, 0.3) is 0 Å². The number of aliphatic hydroxyl groups is 1. The van der Waals surface area contributed by atoms with Crippen LogP contribution in [0.4, 0.5) is 9.59 Å². The Hall–Kier alpha value is -2.32. The summed E-state index contributed by atoms with van der Waals surface area (Å²) in [4.78, 5) is 23.7. The van der Waals surface area contributed by atoms with Crippen LogP contribution in [-0.4, -0.2) is 73.3 Å². The maximum atomic E-state index is 11.9. The zero-order chi connectivity index (χ0) is 18.2. The van der Waals surface area contributed by atoms with Crippen LogP contribution in [0.5, 0.6) is 0 Å². The van der Waals surface area contributed by atoms with E-state index in [0.29, 0.717) is 0 Å². The van der Waals surface area contributed by atoms with Gasteiger partial charge < -0.3 is 19.9 Å². The molecule has 3 N–H and O–H groups in total. The predicted octanol–water partition coefficient (Wildman–Crippen LogP) is -0.0225. The Labute approximate surface area is 147 Å². The first kappa shape index (κ1) is 19.0. The fraction of sp³-hybridized carbons (Fsp3) is 0.529.